The number of nitrogens with zero attached hydrogens (tertiary/aromatic N) is 1. The summed E-state index contributed by atoms with van der Waals surface area (Å²) in [6, 6.07) is 11.6. The number of aliphatic carboxylic acids is 1. The highest BCUT2D eigenvalue weighted by Crippen LogP contribution is 2.34. The lowest BCUT2D eigenvalue weighted by Crippen LogP contribution is -2.29. The maximum Gasteiger partial charge on any atom is 0.308 e. The first kappa shape index (κ1) is 16.7. The molecule has 5 heteroatoms. The summed E-state index contributed by atoms with van der Waals surface area (Å²) >= 11 is 1.52. The number of carboxylic acids is 1. The Hall–Kier alpha value is -2.14. The molecular weight excluding hydrogens is 322 g/mol. The zero-order valence-corrected chi connectivity index (χ0v) is 14.7. The molecule has 1 aliphatic heterocycles. The molecule has 0 radical (unpaired) electrons. The Balaban J connectivity index is 1.84. The molecule has 2 aromatic rings. The van der Waals surface area contributed by atoms with Crippen molar-refractivity contribution in [3.63, 3.8) is 0 Å². The van der Waals surface area contributed by atoms with Gasteiger partial charge >= 0.3 is 5.97 Å². The average molecular weight is 343 g/mol. The average Bonchev–Trinajstić information content (AvgIpc) is 3.19. The van der Waals surface area contributed by atoms with Crippen LogP contribution in [-0.2, 0) is 11.2 Å². The lowest BCUT2D eigenvalue weighted by atomic mass is 9.89. The Morgan fingerprint density at radius 1 is 1.25 bits per heavy atom. The largest absolute Gasteiger partial charge is 0.481 e. The van der Waals surface area contributed by atoms with Gasteiger partial charge in [0, 0.05) is 23.9 Å². The van der Waals surface area contributed by atoms with E-state index in [-0.39, 0.29) is 18.4 Å². The fourth-order valence-electron chi connectivity index (χ4n) is 3.39. The van der Waals surface area contributed by atoms with Crippen LogP contribution in [0.5, 0.6) is 0 Å². The van der Waals surface area contributed by atoms with Crippen molar-refractivity contribution in [2.24, 2.45) is 5.92 Å². The quantitative estimate of drug-likeness (QED) is 0.923. The van der Waals surface area contributed by atoms with Gasteiger partial charge in [-0.2, -0.15) is 0 Å². The Kier molecular flexibility index (Phi) is 4.71. The highest BCUT2D eigenvalue weighted by molar-refractivity contribution is 7.14. The fraction of sp³-hybridized carbons (Fsp3) is 0.368. The molecule has 1 saturated heterocycles. The topological polar surface area (TPSA) is 57.6 Å². The minimum atomic E-state index is -0.837. The van der Waals surface area contributed by atoms with Gasteiger partial charge in [-0.1, -0.05) is 37.3 Å². The van der Waals surface area contributed by atoms with Gasteiger partial charge in [-0.15, -0.1) is 11.3 Å². The van der Waals surface area contributed by atoms with Gasteiger partial charge in [-0.3, -0.25) is 9.59 Å². The van der Waals surface area contributed by atoms with Crippen LogP contribution in [0.1, 0.15) is 38.5 Å². The number of thiophene rings is 1. The van der Waals surface area contributed by atoms with E-state index < -0.39 is 11.9 Å². The summed E-state index contributed by atoms with van der Waals surface area (Å²) in [6.45, 7) is 4.82. The lowest BCUT2D eigenvalue weighted by molar-refractivity contribution is -0.141. The number of aryl methyl sites for hydroxylation is 2. The third-order valence-corrected chi connectivity index (χ3v) is 6.07. The summed E-state index contributed by atoms with van der Waals surface area (Å²) in [6.07, 6.45) is 0.911. The second-order valence-corrected chi connectivity index (χ2v) is 7.38. The molecule has 2 atom stereocenters. The Morgan fingerprint density at radius 3 is 2.54 bits per heavy atom. The van der Waals surface area contributed by atoms with Gasteiger partial charge in [0.2, 0.25) is 0 Å². The van der Waals surface area contributed by atoms with Gasteiger partial charge in [0.15, 0.2) is 0 Å². The maximum atomic E-state index is 12.8. The molecule has 0 spiro atoms. The molecule has 3 rings (SSSR count). The predicted molar refractivity (Wildman–Crippen MR) is 94.6 cm³/mol. The number of rotatable bonds is 4. The van der Waals surface area contributed by atoms with Crippen molar-refractivity contribution in [1.82, 2.24) is 4.90 Å². The van der Waals surface area contributed by atoms with E-state index in [0.717, 1.165) is 17.5 Å². The smallest absolute Gasteiger partial charge is 0.308 e. The van der Waals surface area contributed by atoms with Gasteiger partial charge in [0.1, 0.15) is 0 Å². The summed E-state index contributed by atoms with van der Waals surface area (Å²) in [5.41, 5.74) is 2.12. The highest BCUT2D eigenvalue weighted by Gasteiger charge is 2.40. The first-order valence-corrected chi connectivity index (χ1v) is 8.99. The van der Waals surface area contributed by atoms with Crippen LogP contribution >= 0.6 is 11.3 Å². The van der Waals surface area contributed by atoms with E-state index in [4.69, 9.17) is 0 Å². The standard InChI is InChI=1S/C19H21NO3S/c1-3-16-12(2)9-17(24-16)18(21)20-10-14(15(11-20)19(22)23)13-7-5-4-6-8-13/h4-9,14-15H,3,10-11H2,1-2H3,(H,22,23). The zero-order valence-electron chi connectivity index (χ0n) is 13.9. The Bertz CT molecular complexity index is 753. The summed E-state index contributed by atoms with van der Waals surface area (Å²) in [7, 11) is 0. The Morgan fingerprint density at radius 2 is 1.96 bits per heavy atom. The third-order valence-electron chi connectivity index (χ3n) is 4.70. The minimum Gasteiger partial charge on any atom is -0.481 e. The van der Waals surface area contributed by atoms with Crippen molar-refractivity contribution in [3.8, 4) is 0 Å². The van der Waals surface area contributed by atoms with E-state index in [1.54, 1.807) is 4.90 Å². The van der Waals surface area contributed by atoms with Crippen molar-refractivity contribution >= 4 is 23.2 Å². The molecular formula is C19H21NO3S. The number of hydrogen-bond donors (Lipinski definition) is 1. The SMILES string of the molecule is CCc1sc(C(=O)N2CC(C(=O)O)C(c3ccccc3)C2)cc1C. The van der Waals surface area contributed by atoms with Crippen LogP contribution in [0.15, 0.2) is 36.4 Å². The first-order valence-electron chi connectivity index (χ1n) is 8.17. The monoisotopic (exact) mass is 343 g/mol. The number of carbonyl (C=O) groups is 2. The van der Waals surface area contributed by atoms with Crippen molar-refractivity contribution in [3.05, 3.63) is 57.3 Å². The van der Waals surface area contributed by atoms with Gasteiger partial charge in [0.25, 0.3) is 5.91 Å². The molecule has 0 aliphatic carbocycles. The lowest BCUT2D eigenvalue weighted by Gasteiger charge is -2.15. The summed E-state index contributed by atoms with van der Waals surface area (Å²) in [5, 5.41) is 9.57. The van der Waals surface area contributed by atoms with E-state index in [0.29, 0.717) is 11.4 Å². The van der Waals surface area contributed by atoms with E-state index >= 15 is 0 Å². The summed E-state index contributed by atoms with van der Waals surface area (Å²) in [4.78, 5) is 28.1. The van der Waals surface area contributed by atoms with Gasteiger partial charge in [-0.05, 0) is 30.5 Å². The summed E-state index contributed by atoms with van der Waals surface area (Å²) in [5.74, 6) is -1.59. The van der Waals surface area contributed by atoms with Crippen molar-refractivity contribution < 1.29 is 14.7 Å². The van der Waals surface area contributed by atoms with Crippen LogP contribution < -0.4 is 0 Å². The number of carbonyl (C=O) groups excluding carboxylic acids is 1. The number of hydrogen-bond acceptors (Lipinski definition) is 3. The zero-order chi connectivity index (χ0) is 17.3. The maximum absolute atomic E-state index is 12.8. The highest BCUT2D eigenvalue weighted by atomic mass is 32.1. The number of amides is 1. The van der Waals surface area contributed by atoms with Crippen LogP contribution in [0.3, 0.4) is 0 Å². The van der Waals surface area contributed by atoms with Gasteiger partial charge in [0.05, 0.1) is 10.8 Å². The van der Waals surface area contributed by atoms with Gasteiger partial charge < -0.3 is 10.0 Å². The van der Waals surface area contributed by atoms with Crippen LogP contribution in [0.4, 0.5) is 0 Å². The molecule has 1 fully saturated rings. The Labute approximate surface area is 145 Å². The minimum absolute atomic E-state index is 0.0486. The third kappa shape index (κ3) is 3.08. The molecule has 1 aromatic carbocycles. The molecule has 1 N–H and O–H groups in total. The molecule has 1 amide bonds. The fourth-order valence-corrected chi connectivity index (χ4v) is 4.47. The first-order chi connectivity index (χ1) is 11.5. The molecule has 0 bridgehead atoms. The molecule has 1 aliphatic rings. The summed E-state index contributed by atoms with van der Waals surface area (Å²) < 4.78 is 0. The predicted octanol–water partition coefficient (Wildman–Crippen LogP) is 3.56. The molecule has 24 heavy (non-hydrogen) atoms. The normalized spacial score (nSPS) is 20.3. The molecule has 4 nitrogen and oxygen atoms in total. The molecule has 1 aromatic heterocycles. The van der Waals surface area contributed by atoms with Crippen LogP contribution in [-0.4, -0.2) is 35.0 Å². The van der Waals surface area contributed by atoms with E-state index in [2.05, 4.69) is 6.92 Å². The molecule has 2 heterocycles. The molecule has 126 valence electrons. The van der Waals surface area contributed by atoms with E-state index in [1.807, 2.05) is 43.3 Å². The van der Waals surface area contributed by atoms with Crippen LogP contribution in [0.2, 0.25) is 0 Å². The number of benzene rings is 1. The number of likely N-dealkylation sites (tertiary alicyclic amines) is 1. The number of carboxylic acid groups (broad SMARTS) is 1. The second-order valence-electron chi connectivity index (χ2n) is 6.24. The van der Waals surface area contributed by atoms with Gasteiger partial charge in [-0.25, -0.2) is 0 Å². The second kappa shape index (κ2) is 6.77. The van der Waals surface area contributed by atoms with Crippen molar-refractivity contribution in [1.29, 1.82) is 0 Å². The van der Waals surface area contributed by atoms with Crippen LogP contribution in [0, 0.1) is 12.8 Å². The molecule has 0 saturated carbocycles. The van der Waals surface area contributed by atoms with Crippen molar-refractivity contribution in [2.75, 3.05) is 13.1 Å². The van der Waals surface area contributed by atoms with E-state index in [9.17, 15) is 14.7 Å². The van der Waals surface area contributed by atoms with Crippen LogP contribution in [0.25, 0.3) is 0 Å². The van der Waals surface area contributed by atoms with E-state index in [1.165, 1.54) is 16.2 Å². The van der Waals surface area contributed by atoms with Crippen molar-refractivity contribution in [2.45, 2.75) is 26.2 Å². The molecule has 2 unspecified atom stereocenters.